The molecule has 1 aliphatic rings. The molecule has 1 aromatic carbocycles. The summed E-state index contributed by atoms with van der Waals surface area (Å²) >= 11 is 6.01. The van der Waals surface area contributed by atoms with Crippen molar-refractivity contribution < 1.29 is 4.79 Å². The molecule has 144 valence electrons. The number of carbonyl (C=O) groups excluding carboxylic acids is 1. The fourth-order valence-electron chi connectivity index (χ4n) is 3.65. The van der Waals surface area contributed by atoms with Gasteiger partial charge in [-0.15, -0.1) is 0 Å². The molecule has 5 nitrogen and oxygen atoms in total. The van der Waals surface area contributed by atoms with E-state index < -0.39 is 0 Å². The second-order valence-corrected chi connectivity index (χ2v) is 7.61. The standard InChI is InChI=1S/C22H23ClN4O/c1-2-3-7-19-15-26(14-18-6-4-5-12-24-18)22(28)21-13-20(25-27(19)21)16-8-10-17(23)11-9-16/h4-6,8-13,19H,2-3,7,14-15H2,1H3. The highest BCUT2D eigenvalue weighted by molar-refractivity contribution is 6.30. The quantitative estimate of drug-likeness (QED) is 0.592. The first-order chi connectivity index (χ1) is 13.7. The van der Waals surface area contributed by atoms with E-state index >= 15 is 0 Å². The van der Waals surface area contributed by atoms with Crippen LogP contribution >= 0.6 is 11.6 Å². The Kier molecular flexibility index (Phi) is 5.44. The van der Waals surface area contributed by atoms with Crippen molar-refractivity contribution in [2.75, 3.05) is 6.54 Å². The number of unbranched alkanes of at least 4 members (excludes halogenated alkanes) is 1. The Bertz CT molecular complexity index is 952. The van der Waals surface area contributed by atoms with Crippen LogP contribution in [-0.2, 0) is 6.54 Å². The number of pyridine rings is 1. The average molecular weight is 395 g/mol. The maximum atomic E-state index is 13.2. The number of fused-ring (bicyclic) bond motifs is 1. The lowest BCUT2D eigenvalue weighted by molar-refractivity contribution is 0.0632. The minimum atomic E-state index is 0.00566. The number of rotatable bonds is 6. The zero-order valence-corrected chi connectivity index (χ0v) is 16.6. The van der Waals surface area contributed by atoms with Gasteiger partial charge >= 0.3 is 0 Å². The maximum absolute atomic E-state index is 13.2. The summed E-state index contributed by atoms with van der Waals surface area (Å²) in [5.41, 5.74) is 3.31. The van der Waals surface area contributed by atoms with Crippen molar-refractivity contribution in [3.63, 3.8) is 0 Å². The monoisotopic (exact) mass is 394 g/mol. The van der Waals surface area contributed by atoms with Crippen molar-refractivity contribution in [1.29, 1.82) is 0 Å². The Morgan fingerprint density at radius 3 is 2.71 bits per heavy atom. The number of benzene rings is 1. The summed E-state index contributed by atoms with van der Waals surface area (Å²) in [4.78, 5) is 19.4. The molecule has 0 saturated carbocycles. The van der Waals surface area contributed by atoms with Gasteiger partial charge in [0.05, 0.1) is 24.0 Å². The molecule has 0 N–H and O–H groups in total. The van der Waals surface area contributed by atoms with E-state index in [0.717, 1.165) is 36.2 Å². The predicted octanol–water partition coefficient (Wildman–Crippen LogP) is 4.99. The van der Waals surface area contributed by atoms with Crippen molar-refractivity contribution in [3.8, 4) is 11.3 Å². The van der Waals surface area contributed by atoms with Gasteiger partial charge in [-0.3, -0.25) is 14.5 Å². The van der Waals surface area contributed by atoms with Gasteiger partial charge in [-0.2, -0.15) is 5.10 Å². The molecule has 0 aliphatic carbocycles. The van der Waals surface area contributed by atoms with Gasteiger partial charge in [0.25, 0.3) is 5.91 Å². The second-order valence-electron chi connectivity index (χ2n) is 7.17. The summed E-state index contributed by atoms with van der Waals surface area (Å²) in [6.45, 7) is 3.36. The smallest absolute Gasteiger partial charge is 0.272 e. The third kappa shape index (κ3) is 3.80. The molecule has 3 heterocycles. The first-order valence-corrected chi connectivity index (χ1v) is 10.1. The fraction of sp³-hybridized carbons (Fsp3) is 0.318. The number of amides is 1. The lowest BCUT2D eigenvalue weighted by Crippen LogP contribution is -2.42. The van der Waals surface area contributed by atoms with Gasteiger partial charge in [-0.05, 0) is 36.8 Å². The van der Waals surface area contributed by atoms with E-state index in [1.54, 1.807) is 6.20 Å². The van der Waals surface area contributed by atoms with Gasteiger partial charge in [0.15, 0.2) is 0 Å². The highest BCUT2D eigenvalue weighted by atomic mass is 35.5. The van der Waals surface area contributed by atoms with Gasteiger partial charge in [0.1, 0.15) is 5.69 Å². The van der Waals surface area contributed by atoms with Gasteiger partial charge < -0.3 is 4.90 Å². The van der Waals surface area contributed by atoms with Gasteiger partial charge in [0.2, 0.25) is 0 Å². The van der Waals surface area contributed by atoms with E-state index in [9.17, 15) is 4.79 Å². The summed E-state index contributed by atoms with van der Waals surface area (Å²) < 4.78 is 1.93. The molecule has 4 rings (SSSR count). The Morgan fingerprint density at radius 1 is 1.18 bits per heavy atom. The minimum absolute atomic E-state index is 0.00566. The van der Waals surface area contributed by atoms with E-state index in [4.69, 9.17) is 16.7 Å². The van der Waals surface area contributed by atoms with E-state index in [1.165, 1.54) is 0 Å². The Balaban J connectivity index is 1.67. The van der Waals surface area contributed by atoms with Crippen molar-refractivity contribution >= 4 is 17.5 Å². The molecule has 0 spiro atoms. The molecule has 6 heteroatoms. The molecule has 0 radical (unpaired) electrons. The van der Waals surface area contributed by atoms with Crippen molar-refractivity contribution in [2.24, 2.45) is 0 Å². The minimum Gasteiger partial charge on any atom is -0.329 e. The number of carbonyl (C=O) groups is 1. The first-order valence-electron chi connectivity index (χ1n) is 9.70. The highest BCUT2D eigenvalue weighted by Gasteiger charge is 2.33. The molecule has 2 aromatic heterocycles. The Hall–Kier alpha value is -2.66. The molecule has 0 saturated heterocycles. The van der Waals surface area contributed by atoms with E-state index in [1.807, 2.05) is 58.1 Å². The fourth-order valence-corrected chi connectivity index (χ4v) is 3.77. The molecular weight excluding hydrogens is 372 g/mol. The van der Waals surface area contributed by atoms with Gasteiger partial charge in [0, 0.05) is 23.3 Å². The summed E-state index contributed by atoms with van der Waals surface area (Å²) in [5.74, 6) is 0.00566. The maximum Gasteiger partial charge on any atom is 0.272 e. The highest BCUT2D eigenvalue weighted by Crippen LogP contribution is 2.30. The Labute approximate surface area is 170 Å². The van der Waals surface area contributed by atoms with Gasteiger partial charge in [-0.25, -0.2) is 0 Å². The third-order valence-electron chi connectivity index (χ3n) is 5.13. The largest absolute Gasteiger partial charge is 0.329 e. The summed E-state index contributed by atoms with van der Waals surface area (Å²) in [5, 5.41) is 5.47. The SMILES string of the molecule is CCCCC1CN(Cc2ccccn2)C(=O)c2cc(-c3ccc(Cl)cc3)nn21. The number of halogens is 1. The number of hydrogen-bond donors (Lipinski definition) is 0. The third-order valence-corrected chi connectivity index (χ3v) is 5.38. The lowest BCUT2D eigenvalue weighted by atomic mass is 10.1. The molecule has 1 amide bonds. The molecule has 0 bridgehead atoms. The van der Waals surface area contributed by atoms with Gasteiger partial charge in [-0.1, -0.05) is 49.6 Å². The van der Waals surface area contributed by atoms with Crippen molar-refractivity contribution in [2.45, 2.75) is 38.8 Å². The van der Waals surface area contributed by atoms with Crippen LogP contribution in [0.2, 0.25) is 5.02 Å². The summed E-state index contributed by atoms with van der Waals surface area (Å²) in [6, 6.07) is 15.4. The van der Waals surface area contributed by atoms with Crippen LogP contribution in [0.15, 0.2) is 54.7 Å². The normalized spacial score (nSPS) is 16.3. The van der Waals surface area contributed by atoms with E-state index in [-0.39, 0.29) is 11.9 Å². The lowest BCUT2D eigenvalue weighted by Gasteiger charge is -2.33. The van der Waals surface area contributed by atoms with Crippen LogP contribution in [0.25, 0.3) is 11.3 Å². The zero-order valence-electron chi connectivity index (χ0n) is 15.9. The van der Waals surface area contributed by atoms with Crippen LogP contribution in [0.1, 0.15) is 48.4 Å². The van der Waals surface area contributed by atoms with Crippen LogP contribution in [0.3, 0.4) is 0 Å². The molecular formula is C22H23ClN4O. The topological polar surface area (TPSA) is 51.0 Å². The van der Waals surface area contributed by atoms with Crippen LogP contribution in [0.4, 0.5) is 0 Å². The summed E-state index contributed by atoms with van der Waals surface area (Å²) in [6.07, 6.45) is 4.98. The number of aromatic nitrogens is 3. The van der Waals surface area contributed by atoms with Crippen molar-refractivity contribution in [1.82, 2.24) is 19.7 Å². The zero-order chi connectivity index (χ0) is 19.5. The molecule has 0 fully saturated rings. The van der Waals surface area contributed by atoms with Crippen LogP contribution in [0, 0.1) is 0 Å². The van der Waals surface area contributed by atoms with E-state index in [2.05, 4.69) is 11.9 Å². The second kappa shape index (κ2) is 8.15. The first kappa shape index (κ1) is 18.7. The predicted molar refractivity (Wildman–Crippen MR) is 110 cm³/mol. The molecule has 1 aliphatic heterocycles. The molecule has 3 aromatic rings. The Morgan fingerprint density at radius 2 is 2.00 bits per heavy atom. The molecule has 1 atom stereocenters. The molecule has 28 heavy (non-hydrogen) atoms. The van der Waals surface area contributed by atoms with Crippen LogP contribution in [-0.4, -0.2) is 32.1 Å². The van der Waals surface area contributed by atoms with Crippen LogP contribution in [0.5, 0.6) is 0 Å². The van der Waals surface area contributed by atoms with Crippen LogP contribution < -0.4 is 0 Å². The summed E-state index contributed by atoms with van der Waals surface area (Å²) in [7, 11) is 0. The number of hydrogen-bond acceptors (Lipinski definition) is 3. The number of nitrogens with zero attached hydrogens (tertiary/aromatic N) is 4. The van der Waals surface area contributed by atoms with Crippen molar-refractivity contribution in [3.05, 3.63) is 71.1 Å². The average Bonchev–Trinajstić information content (AvgIpc) is 3.16. The van der Waals surface area contributed by atoms with E-state index in [0.29, 0.717) is 23.8 Å². The molecule has 1 unspecified atom stereocenters.